The second kappa shape index (κ2) is 5.61. The maximum absolute atomic E-state index is 10.6. The summed E-state index contributed by atoms with van der Waals surface area (Å²) in [5.41, 5.74) is -1.41. The summed E-state index contributed by atoms with van der Waals surface area (Å²) in [5.74, 6) is -0.421. The van der Waals surface area contributed by atoms with Crippen molar-refractivity contribution >= 4 is 17.4 Å². The zero-order valence-electron chi connectivity index (χ0n) is 10.2. The molecule has 0 saturated carbocycles. The van der Waals surface area contributed by atoms with Gasteiger partial charge in [-0.25, -0.2) is 0 Å². The van der Waals surface area contributed by atoms with E-state index >= 15 is 0 Å². The minimum absolute atomic E-state index is 0.0339. The van der Waals surface area contributed by atoms with Crippen LogP contribution in [0.25, 0.3) is 0 Å². The molecule has 0 aliphatic carbocycles. The highest BCUT2D eigenvalue weighted by Gasteiger charge is 2.37. The van der Waals surface area contributed by atoms with Crippen molar-refractivity contribution in [1.82, 2.24) is 9.55 Å². The molecular weight excluding hydrogens is 266 g/mol. The SMILES string of the molecule is COCC(C)(O)[C@@H](OC)n1cc([N+](=O)[O-])nc1Cl. The van der Waals surface area contributed by atoms with Gasteiger partial charge in [0.25, 0.3) is 0 Å². The first-order valence-electron chi connectivity index (χ1n) is 4.96. The minimum atomic E-state index is -1.41. The molecule has 0 aromatic carbocycles. The van der Waals surface area contributed by atoms with Crippen molar-refractivity contribution in [3.8, 4) is 0 Å². The Morgan fingerprint density at radius 2 is 2.33 bits per heavy atom. The van der Waals surface area contributed by atoms with Crippen molar-refractivity contribution in [3.63, 3.8) is 0 Å². The number of halogens is 1. The molecule has 0 radical (unpaired) electrons. The van der Waals surface area contributed by atoms with Crippen LogP contribution in [-0.4, -0.2) is 46.0 Å². The quantitative estimate of drug-likeness (QED) is 0.616. The Morgan fingerprint density at radius 3 is 2.72 bits per heavy atom. The van der Waals surface area contributed by atoms with Gasteiger partial charge in [-0.05, 0) is 28.4 Å². The molecule has 0 saturated heterocycles. The molecule has 1 aromatic rings. The van der Waals surface area contributed by atoms with Crippen LogP contribution in [0.3, 0.4) is 0 Å². The number of rotatable bonds is 6. The fourth-order valence-corrected chi connectivity index (χ4v) is 1.87. The highest BCUT2D eigenvalue weighted by atomic mass is 35.5. The normalized spacial score (nSPS) is 16.3. The molecule has 2 atom stereocenters. The number of nitrogens with zero attached hydrogens (tertiary/aromatic N) is 3. The van der Waals surface area contributed by atoms with Gasteiger partial charge in [-0.15, -0.1) is 0 Å². The van der Waals surface area contributed by atoms with E-state index in [2.05, 4.69) is 4.98 Å². The smallest absolute Gasteiger partial charge is 0.383 e. The van der Waals surface area contributed by atoms with Gasteiger partial charge in [-0.3, -0.25) is 4.57 Å². The zero-order valence-corrected chi connectivity index (χ0v) is 10.9. The number of aliphatic hydroxyl groups is 1. The van der Waals surface area contributed by atoms with Crippen molar-refractivity contribution in [3.05, 3.63) is 21.6 Å². The fourth-order valence-electron chi connectivity index (χ4n) is 1.64. The summed E-state index contributed by atoms with van der Waals surface area (Å²) >= 11 is 5.78. The van der Waals surface area contributed by atoms with Crippen LogP contribution in [-0.2, 0) is 9.47 Å². The first-order valence-corrected chi connectivity index (χ1v) is 5.34. The summed E-state index contributed by atoms with van der Waals surface area (Å²) in [4.78, 5) is 13.5. The minimum Gasteiger partial charge on any atom is -0.383 e. The van der Waals surface area contributed by atoms with E-state index in [1.807, 2.05) is 0 Å². The van der Waals surface area contributed by atoms with Crippen LogP contribution in [0, 0.1) is 10.1 Å². The summed E-state index contributed by atoms with van der Waals surface area (Å²) in [7, 11) is 2.76. The van der Waals surface area contributed by atoms with E-state index in [4.69, 9.17) is 21.1 Å². The molecule has 1 rings (SSSR count). The van der Waals surface area contributed by atoms with Crippen molar-refractivity contribution in [1.29, 1.82) is 0 Å². The zero-order chi connectivity index (χ0) is 13.9. The van der Waals surface area contributed by atoms with Crippen LogP contribution >= 0.6 is 11.6 Å². The van der Waals surface area contributed by atoms with Crippen LogP contribution in [0.5, 0.6) is 0 Å². The lowest BCUT2D eigenvalue weighted by atomic mass is 10.1. The maximum atomic E-state index is 10.6. The lowest BCUT2D eigenvalue weighted by Gasteiger charge is -2.31. The third kappa shape index (κ3) is 2.96. The van der Waals surface area contributed by atoms with Crippen LogP contribution in [0.2, 0.25) is 5.28 Å². The average molecular weight is 280 g/mol. The van der Waals surface area contributed by atoms with Gasteiger partial charge >= 0.3 is 11.1 Å². The number of imidazole rings is 1. The molecule has 0 bridgehead atoms. The topological polar surface area (TPSA) is 99.6 Å². The Morgan fingerprint density at radius 1 is 1.72 bits per heavy atom. The molecule has 1 aromatic heterocycles. The van der Waals surface area contributed by atoms with Crippen LogP contribution in [0.4, 0.5) is 5.82 Å². The lowest BCUT2D eigenvalue weighted by molar-refractivity contribution is -0.389. The third-order valence-electron chi connectivity index (χ3n) is 2.31. The second-order valence-electron chi connectivity index (χ2n) is 3.91. The van der Waals surface area contributed by atoms with E-state index in [0.717, 1.165) is 6.20 Å². The van der Waals surface area contributed by atoms with Crippen molar-refractivity contribution in [2.24, 2.45) is 0 Å². The lowest BCUT2D eigenvalue weighted by Crippen LogP contribution is -2.41. The Kier molecular flexibility index (Phi) is 4.63. The number of aromatic nitrogens is 2. The van der Waals surface area contributed by atoms with Gasteiger partial charge in [0.05, 0.1) is 6.61 Å². The predicted octanol–water partition coefficient (Wildman–Crippen LogP) is 0.987. The molecule has 0 aliphatic rings. The number of ether oxygens (including phenoxy) is 2. The molecule has 1 heterocycles. The summed E-state index contributed by atoms with van der Waals surface area (Å²) in [5, 5.41) is 20.6. The maximum Gasteiger partial charge on any atom is 0.383 e. The molecule has 0 aliphatic heterocycles. The largest absolute Gasteiger partial charge is 0.383 e. The standard InChI is InChI=1S/C9H14ClN3O5/c1-9(14,5-17-2)7(18-3)12-4-6(13(15)16)11-8(12)10/h4,7,14H,5H2,1-3H3/t7-,9?/m1/s1. The van der Waals surface area contributed by atoms with E-state index in [-0.39, 0.29) is 11.9 Å². The molecular formula is C9H14ClN3O5. The van der Waals surface area contributed by atoms with E-state index in [0.29, 0.717) is 0 Å². The number of hydrogen-bond donors (Lipinski definition) is 1. The molecule has 1 N–H and O–H groups in total. The summed E-state index contributed by atoms with van der Waals surface area (Å²) < 4.78 is 11.2. The molecule has 0 spiro atoms. The molecule has 0 amide bonds. The molecule has 0 fully saturated rings. The first kappa shape index (κ1) is 14.8. The van der Waals surface area contributed by atoms with E-state index < -0.39 is 22.6 Å². The summed E-state index contributed by atoms with van der Waals surface area (Å²) in [6.45, 7) is 1.43. The highest BCUT2D eigenvalue weighted by Crippen LogP contribution is 2.29. The Bertz CT molecular complexity index is 434. The Labute approximate surface area is 108 Å². The average Bonchev–Trinajstić information content (AvgIpc) is 2.61. The van der Waals surface area contributed by atoms with Crippen molar-refractivity contribution in [2.45, 2.75) is 18.8 Å². The number of hydrogen-bond acceptors (Lipinski definition) is 6. The predicted molar refractivity (Wildman–Crippen MR) is 62.4 cm³/mol. The highest BCUT2D eigenvalue weighted by molar-refractivity contribution is 6.28. The summed E-state index contributed by atoms with van der Waals surface area (Å²) in [6.07, 6.45) is 0.145. The Hall–Kier alpha value is -1.22. The van der Waals surface area contributed by atoms with Gasteiger partial charge in [0.1, 0.15) is 11.8 Å². The van der Waals surface area contributed by atoms with Gasteiger partial charge in [0, 0.05) is 14.2 Å². The third-order valence-corrected chi connectivity index (χ3v) is 2.59. The fraction of sp³-hybridized carbons (Fsp3) is 0.667. The van der Waals surface area contributed by atoms with E-state index in [1.54, 1.807) is 0 Å². The Balaban J connectivity index is 3.12. The van der Waals surface area contributed by atoms with E-state index in [9.17, 15) is 15.2 Å². The van der Waals surface area contributed by atoms with Gasteiger partial charge in [-0.2, -0.15) is 0 Å². The van der Waals surface area contributed by atoms with Crippen molar-refractivity contribution in [2.75, 3.05) is 20.8 Å². The molecule has 8 nitrogen and oxygen atoms in total. The van der Waals surface area contributed by atoms with Crippen molar-refractivity contribution < 1.29 is 19.5 Å². The van der Waals surface area contributed by atoms with Gasteiger partial charge in [0.2, 0.25) is 0 Å². The van der Waals surface area contributed by atoms with Crippen LogP contribution < -0.4 is 0 Å². The van der Waals surface area contributed by atoms with E-state index in [1.165, 1.54) is 25.7 Å². The molecule has 18 heavy (non-hydrogen) atoms. The number of nitro groups is 1. The number of methoxy groups -OCH3 is 2. The molecule has 1 unspecified atom stereocenters. The van der Waals surface area contributed by atoms with Gasteiger partial charge < -0.3 is 24.7 Å². The second-order valence-corrected chi connectivity index (χ2v) is 4.25. The monoisotopic (exact) mass is 279 g/mol. The molecule has 102 valence electrons. The van der Waals surface area contributed by atoms with Crippen LogP contribution in [0.1, 0.15) is 13.2 Å². The van der Waals surface area contributed by atoms with Gasteiger partial charge in [-0.1, -0.05) is 0 Å². The van der Waals surface area contributed by atoms with Crippen LogP contribution in [0.15, 0.2) is 6.20 Å². The molecule has 9 heteroatoms. The summed E-state index contributed by atoms with van der Waals surface area (Å²) in [6, 6.07) is 0. The van der Waals surface area contributed by atoms with Gasteiger partial charge in [0.15, 0.2) is 6.23 Å². The first-order chi connectivity index (χ1) is 8.33.